The quantitative estimate of drug-likeness (QED) is 0.281. The molecule has 0 radical (unpaired) electrons. The first-order valence-electron chi connectivity index (χ1n) is 12.3. The molecule has 1 aliphatic heterocycles. The summed E-state index contributed by atoms with van der Waals surface area (Å²) in [5.74, 6) is 2.43. The van der Waals surface area contributed by atoms with Gasteiger partial charge in [0, 0.05) is 22.0 Å². The first kappa shape index (κ1) is 22.1. The summed E-state index contributed by atoms with van der Waals surface area (Å²) in [7, 11) is 0. The van der Waals surface area contributed by atoms with Crippen molar-refractivity contribution >= 4 is 28.1 Å². The molecule has 176 valence electrons. The fourth-order valence-electron chi connectivity index (χ4n) is 5.52. The maximum absolute atomic E-state index is 6.16. The van der Waals surface area contributed by atoms with Gasteiger partial charge in [0.15, 0.2) is 11.5 Å². The van der Waals surface area contributed by atoms with Crippen molar-refractivity contribution in [1.29, 1.82) is 0 Å². The molecular weight excluding hydrogens is 454 g/mol. The summed E-state index contributed by atoms with van der Waals surface area (Å²) < 4.78 is 12.2. The molecular formula is C31H28ClNO2. The first-order chi connectivity index (χ1) is 17.2. The molecule has 35 heavy (non-hydrogen) atoms. The molecule has 0 amide bonds. The lowest BCUT2D eigenvalue weighted by molar-refractivity contribution is 0.268. The molecule has 3 atom stereocenters. The van der Waals surface area contributed by atoms with E-state index in [2.05, 4.69) is 66.0 Å². The number of anilines is 1. The highest BCUT2D eigenvalue weighted by Gasteiger charge is 2.38. The van der Waals surface area contributed by atoms with Crippen molar-refractivity contribution in [3.05, 3.63) is 113 Å². The van der Waals surface area contributed by atoms with Gasteiger partial charge in [-0.15, -0.1) is 0 Å². The molecule has 0 saturated carbocycles. The number of hydrogen-bond donors (Lipinski definition) is 1. The third-order valence-electron chi connectivity index (χ3n) is 7.20. The van der Waals surface area contributed by atoms with Gasteiger partial charge in [-0.05, 0) is 65.6 Å². The molecule has 2 unspecified atom stereocenters. The SMILES string of the molecule is CCOc1cc([C@H]2Nc3c(ccc4ccccc34)C3C=CCC32)ccc1OCc1ccc(Cl)cc1. The van der Waals surface area contributed by atoms with E-state index in [1.54, 1.807) is 0 Å². The van der Waals surface area contributed by atoms with Crippen molar-refractivity contribution < 1.29 is 9.47 Å². The Balaban J connectivity index is 1.33. The largest absolute Gasteiger partial charge is 0.490 e. The standard InChI is InChI=1S/C31H28ClNO2/c1-2-34-29-18-22(13-17-28(29)35-19-20-10-14-23(32)15-11-20)30-26-9-5-8-25(26)27-16-12-21-6-3-4-7-24(21)31(27)33-30/h3-8,10-18,25-26,30,33H,2,9,19H2,1H3/t25?,26?,30-/m1/s1. The van der Waals surface area contributed by atoms with E-state index in [0.717, 1.165) is 28.5 Å². The second-order valence-corrected chi connectivity index (χ2v) is 9.72. The van der Waals surface area contributed by atoms with Crippen molar-refractivity contribution in [2.75, 3.05) is 11.9 Å². The summed E-state index contributed by atoms with van der Waals surface area (Å²) in [6, 6.07) is 27.5. The molecule has 1 aliphatic carbocycles. The molecule has 0 aromatic heterocycles. The van der Waals surface area contributed by atoms with Crippen LogP contribution in [0.4, 0.5) is 5.69 Å². The normalized spacial score (nSPS) is 20.2. The summed E-state index contributed by atoms with van der Waals surface area (Å²) in [6.07, 6.45) is 5.79. The Kier molecular flexibility index (Phi) is 5.87. The summed E-state index contributed by atoms with van der Waals surface area (Å²) >= 11 is 6.02. The van der Waals surface area contributed by atoms with Crippen molar-refractivity contribution in [2.24, 2.45) is 5.92 Å². The predicted octanol–water partition coefficient (Wildman–Crippen LogP) is 8.30. The molecule has 0 spiro atoms. The Morgan fingerprint density at radius 2 is 1.77 bits per heavy atom. The molecule has 4 aromatic rings. The van der Waals surface area contributed by atoms with Gasteiger partial charge in [0.1, 0.15) is 6.61 Å². The van der Waals surface area contributed by atoms with Gasteiger partial charge in [0.2, 0.25) is 0 Å². The van der Waals surface area contributed by atoms with Crippen LogP contribution in [0.5, 0.6) is 11.5 Å². The Morgan fingerprint density at radius 3 is 2.63 bits per heavy atom. The van der Waals surface area contributed by atoms with Gasteiger partial charge < -0.3 is 14.8 Å². The van der Waals surface area contributed by atoms with Gasteiger partial charge in [0.05, 0.1) is 12.6 Å². The molecule has 0 bridgehead atoms. The lowest BCUT2D eigenvalue weighted by Gasteiger charge is -2.38. The second-order valence-electron chi connectivity index (χ2n) is 9.28. The highest BCUT2D eigenvalue weighted by atomic mass is 35.5. The molecule has 0 saturated heterocycles. The van der Waals surface area contributed by atoms with E-state index >= 15 is 0 Å². The first-order valence-corrected chi connectivity index (χ1v) is 12.7. The smallest absolute Gasteiger partial charge is 0.161 e. The van der Waals surface area contributed by atoms with E-state index in [1.807, 2.05) is 37.3 Å². The van der Waals surface area contributed by atoms with Gasteiger partial charge in [-0.1, -0.05) is 78.4 Å². The van der Waals surface area contributed by atoms with E-state index < -0.39 is 0 Å². The molecule has 0 fully saturated rings. The minimum Gasteiger partial charge on any atom is -0.490 e. The van der Waals surface area contributed by atoms with Crippen LogP contribution in [0.3, 0.4) is 0 Å². The third-order valence-corrected chi connectivity index (χ3v) is 7.45. The van der Waals surface area contributed by atoms with Crippen molar-refractivity contribution in [3.8, 4) is 11.5 Å². The second kappa shape index (κ2) is 9.31. The number of rotatable bonds is 6. The van der Waals surface area contributed by atoms with Crippen LogP contribution in [-0.4, -0.2) is 6.61 Å². The maximum Gasteiger partial charge on any atom is 0.161 e. The van der Waals surface area contributed by atoms with E-state index in [1.165, 1.54) is 27.6 Å². The van der Waals surface area contributed by atoms with Crippen LogP contribution in [0.15, 0.2) is 91.0 Å². The highest BCUT2D eigenvalue weighted by Crippen LogP contribution is 2.52. The monoisotopic (exact) mass is 481 g/mol. The lowest BCUT2D eigenvalue weighted by atomic mass is 9.76. The fourth-order valence-corrected chi connectivity index (χ4v) is 5.64. The number of ether oxygens (including phenoxy) is 2. The molecule has 4 heteroatoms. The zero-order valence-electron chi connectivity index (χ0n) is 19.7. The van der Waals surface area contributed by atoms with Crippen molar-refractivity contribution in [2.45, 2.75) is 31.9 Å². The summed E-state index contributed by atoms with van der Waals surface area (Å²) in [6.45, 7) is 3.06. The predicted molar refractivity (Wildman–Crippen MR) is 144 cm³/mol. The summed E-state index contributed by atoms with van der Waals surface area (Å²) in [4.78, 5) is 0. The Morgan fingerprint density at radius 1 is 0.914 bits per heavy atom. The zero-order valence-corrected chi connectivity index (χ0v) is 20.5. The molecule has 6 rings (SSSR count). The third kappa shape index (κ3) is 4.15. The van der Waals surface area contributed by atoms with Gasteiger partial charge in [-0.2, -0.15) is 0 Å². The average Bonchev–Trinajstić information content (AvgIpc) is 3.39. The van der Waals surface area contributed by atoms with Crippen LogP contribution in [0, 0.1) is 5.92 Å². The number of halogens is 1. The maximum atomic E-state index is 6.16. The fraction of sp³-hybridized carbons (Fsp3) is 0.226. The van der Waals surface area contributed by atoms with Gasteiger partial charge in [0.25, 0.3) is 0 Å². The highest BCUT2D eigenvalue weighted by molar-refractivity contribution is 6.30. The Labute approximate surface area is 211 Å². The Hall–Kier alpha value is -3.43. The van der Waals surface area contributed by atoms with Crippen molar-refractivity contribution in [1.82, 2.24) is 0 Å². The van der Waals surface area contributed by atoms with Crippen molar-refractivity contribution in [3.63, 3.8) is 0 Å². The van der Waals surface area contributed by atoms with Crippen LogP contribution < -0.4 is 14.8 Å². The number of fused-ring (bicyclic) bond motifs is 5. The van der Waals surface area contributed by atoms with E-state index in [4.69, 9.17) is 21.1 Å². The van der Waals surface area contributed by atoms with Gasteiger partial charge >= 0.3 is 0 Å². The number of hydrogen-bond acceptors (Lipinski definition) is 3. The van der Waals surface area contributed by atoms with Crippen LogP contribution in [0.2, 0.25) is 5.02 Å². The van der Waals surface area contributed by atoms with Crippen LogP contribution in [0.25, 0.3) is 10.8 Å². The topological polar surface area (TPSA) is 30.5 Å². The zero-order chi connectivity index (χ0) is 23.8. The molecule has 3 nitrogen and oxygen atoms in total. The van der Waals surface area contributed by atoms with Crippen LogP contribution in [-0.2, 0) is 6.61 Å². The average molecular weight is 482 g/mol. The minimum atomic E-state index is 0.192. The van der Waals surface area contributed by atoms with Gasteiger partial charge in [-0.3, -0.25) is 0 Å². The molecule has 1 N–H and O–H groups in total. The van der Waals surface area contributed by atoms with E-state index in [-0.39, 0.29) is 6.04 Å². The minimum absolute atomic E-state index is 0.192. The van der Waals surface area contributed by atoms with Crippen LogP contribution >= 0.6 is 11.6 Å². The molecule has 4 aromatic carbocycles. The van der Waals surface area contributed by atoms with Gasteiger partial charge in [-0.25, -0.2) is 0 Å². The summed E-state index contributed by atoms with van der Waals surface area (Å²) in [5.41, 5.74) is 4.94. The summed E-state index contributed by atoms with van der Waals surface area (Å²) in [5, 5.41) is 7.20. The van der Waals surface area contributed by atoms with E-state index in [0.29, 0.717) is 25.0 Å². The Bertz CT molecular complexity index is 1400. The van der Waals surface area contributed by atoms with E-state index in [9.17, 15) is 0 Å². The lowest BCUT2D eigenvalue weighted by Crippen LogP contribution is -2.29. The molecule has 2 aliphatic rings. The molecule has 1 heterocycles. The number of nitrogens with one attached hydrogen (secondary N) is 1. The number of benzene rings is 4. The number of allylic oxidation sites excluding steroid dienone is 2. The van der Waals surface area contributed by atoms with Crippen LogP contribution in [0.1, 0.15) is 42.0 Å².